The van der Waals surface area contributed by atoms with Gasteiger partial charge < -0.3 is 5.32 Å². The van der Waals surface area contributed by atoms with Crippen molar-refractivity contribution in [3.8, 4) is 0 Å². The third-order valence-corrected chi connectivity index (χ3v) is 3.55. The Hall–Kier alpha value is -0.670. The number of hydrogen-bond acceptors (Lipinski definition) is 3. The van der Waals surface area contributed by atoms with E-state index in [2.05, 4.69) is 37.5 Å². The van der Waals surface area contributed by atoms with Crippen LogP contribution in [0.3, 0.4) is 0 Å². The molecular weight excluding hydrogens is 242 g/mol. The summed E-state index contributed by atoms with van der Waals surface area (Å²) in [5.41, 5.74) is -0.358. The average Bonchev–Trinajstić information content (AvgIpc) is 2.64. The molecule has 1 aromatic rings. The molecule has 1 N–H and O–H groups in total. The molecule has 0 fully saturated rings. The highest BCUT2D eigenvalue weighted by Crippen LogP contribution is 2.22. The van der Waals surface area contributed by atoms with Crippen molar-refractivity contribution in [3.63, 3.8) is 0 Å². The number of nitrogens with one attached hydrogen (secondary N) is 1. The van der Waals surface area contributed by atoms with E-state index in [4.69, 9.17) is 0 Å². The standard InChI is InChI=1S/C15H25NOS/c1-14(2,3)13(17)12(16-15(4,5)6)10-11-8-7-9-18-11/h7-9,12,16H,10H2,1-6H3/t12-/m0/s1. The maximum atomic E-state index is 12.5. The Bertz CT molecular complexity index is 382. The van der Waals surface area contributed by atoms with Crippen molar-refractivity contribution >= 4 is 17.1 Å². The molecule has 0 bridgehead atoms. The zero-order chi connectivity index (χ0) is 14.0. The first kappa shape index (κ1) is 15.4. The molecule has 0 radical (unpaired) electrons. The number of ketones is 1. The number of hydrogen-bond donors (Lipinski definition) is 1. The van der Waals surface area contributed by atoms with Gasteiger partial charge in [0, 0.05) is 22.3 Å². The van der Waals surface area contributed by atoms with E-state index in [-0.39, 0.29) is 22.8 Å². The van der Waals surface area contributed by atoms with Gasteiger partial charge in [-0.3, -0.25) is 4.79 Å². The van der Waals surface area contributed by atoms with Crippen LogP contribution in [0, 0.1) is 5.41 Å². The summed E-state index contributed by atoms with van der Waals surface area (Å²) in [5.74, 6) is 0.283. The van der Waals surface area contributed by atoms with Gasteiger partial charge >= 0.3 is 0 Å². The monoisotopic (exact) mass is 267 g/mol. The molecule has 0 saturated carbocycles. The molecule has 1 rings (SSSR count). The zero-order valence-corrected chi connectivity index (χ0v) is 13.1. The molecule has 2 nitrogen and oxygen atoms in total. The fourth-order valence-corrected chi connectivity index (χ4v) is 2.64. The minimum absolute atomic E-state index is 0.0527. The van der Waals surface area contributed by atoms with E-state index in [1.54, 1.807) is 11.3 Å². The van der Waals surface area contributed by atoms with E-state index in [0.717, 1.165) is 6.42 Å². The predicted octanol–water partition coefficient (Wildman–Crippen LogP) is 3.66. The highest BCUT2D eigenvalue weighted by atomic mass is 32.1. The first-order valence-electron chi connectivity index (χ1n) is 6.44. The molecule has 1 aromatic heterocycles. The molecule has 1 atom stereocenters. The first-order valence-corrected chi connectivity index (χ1v) is 7.32. The molecule has 3 heteroatoms. The summed E-state index contributed by atoms with van der Waals surface area (Å²) in [6, 6.07) is 4.02. The van der Waals surface area contributed by atoms with E-state index < -0.39 is 0 Å². The van der Waals surface area contributed by atoms with Crippen LogP contribution in [-0.4, -0.2) is 17.4 Å². The van der Waals surface area contributed by atoms with Crippen LogP contribution in [0.25, 0.3) is 0 Å². The Morgan fingerprint density at radius 1 is 1.28 bits per heavy atom. The minimum Gasteiger partial charge on any atom is -0.302 e. The number of rotatable bonds is 4. The lowest BCUT2D eigenvalue weighted by atomic mass is 9.84. The van der Waals surface area contributed by atoms with Gasteiger partial charge in [0.05, 0.1) is 6.04 Å². The second-order valence-corrected chi connectivity index (χ2v) is 7.88. The van der Waals surface area contributed by atoms with Gasteiger partial charge in [-0.25, -0.2) is 0 Å². The summed E-state index contributed by atoms with van der Waals surface area (Å²) in [4.78, 5) is 13.8. The lowest BCUT2D eigenvalue weighted by molar-refractivity contribution is -0.128. The fourth-order valence-electron chi connectivity index (χ4n) is 1.88. The van der Waals surface area contributed by atoms with Crippen molar-refractivity contribution in [1.82, 2.24) is 5.32 Å². The second kappa shape index (κ2) is 5.54. The van der Waals surface area contributed by atoms with Crippen molar-refractivity contribution in [2.24, 2.45) is 5.41 Å². The van der Waals surface area contributed by atoms with Crippen molar-refractivity contribution < 1.29 is 4.79 Å². The molecule has 0 unspecified atom stereocenters. The van der Waals surface area contributed by atoms with Crippen molar-refractivity contribution in [3.05, 3.63) is 22.4 Å². The SMILES string of the molecule is CC(C)(C)N[C@@H](Cc1cccs1)C(=O)C(C)(C)C. The number of carbonyl (C=O) groups is 1. The second-order valence-electron chi connectivity index (χ2n) is 6.84. The normalized spacial score (nSPS) is 14.6. The number of thiophene rings is 1. The summed E-state index contributed by atoms with van der Waals surface area (Å²) in [7, 11) is 0. The van der Waals surface area contributed by atoms with Crippen LogP contribution in [-0.2, 0) is 11.2 Å². The largest absolute Gasteiger partial charge is 0.302 e. The Morgan fingerprint density at radius 2 is 1.89 bits per heavy atom. The number of carbonyl (C=O) groups excluding carboxylic acids is 1. The zero-order valence-electron chi connectivity index (χ0n) is 12.3. The van der Waals surface area contributed by atoms with Crippen molar-refractivity contribution in [1.29, 1.82) is 0 Å². The van der Waals surface area contributed by atoms with Crippen LogP contribution in [0.4, 0.5) is 0 Å². The van der Waals surface area contributed by atoms with Gasteiger partial charge in [-0.2, -0.15) is 0 Å². The molecule has 0 amide bonds. The van der Waals surface area contributed by atoms with Crippen LogP contribution < -0.4 is 5.32 Å². The molecule has 102 valence electrons. The fraction of sp³-hybridized carbons (Fsp3) is 0.667. The first-order chi connectivity index (χ1) is 8.09. The van der Waals surface area contributed by atoms with E-state index in [1.807, 2.05) is 26.8 Å². The summed E-state index contributed by atoms with van der Waals surface area (Å²) in [6.45, 7) is 12.3. The van der Waals surface area contributed by atoms with E-state index in [0.29, 0.717) is 0 Å². The molecule has 1 heterocycles. The van der Waals surface area contributed by atoms with Gasteiger partial charge in [-0.1, -0.05) is 26.8 Å². The Morgan fingerprint density at radius 3 is 2.28 bits per heavy atom. The lowest BCUT2D eigenvalue weighted by Gasteiger charge is -2.31. The summed E-state index contributed by atoms with van der Waals surface area (Å²) in [5, 5.41) is 5.52. The van der Waals surface area contributed by atoms with Gasteiger partial charge in [0.2, 0.25) is 0 Å². The predicted molar refractivity (Wildman–Crippen MR) is 79.2 cm³/mol. The Balaban J connectivity index is 2.85. The van der Waals surface area contributed by atoms with Gasteiger partial charge in [0.25, 0.3) is 0 Å². The van der Waals surface area contributed by atoms with Crippen LogP contribution >= 0.6 is 11.3 Å². The quantitative estimate of drug-likeness (QED) is 0.902. The number of Topliss-reactive ketones (excluding diaryl/α,β-unsaturated/α-hetero) is 1. The smallest absolute Gasteiger partial charge is 0.155 e. The highest BCUT2D eigenvalue weighted by molar-refractivity contribution is 7.09. The average molecular weight is 267 g/mol. The Labute approximate surface area is 115 Å². The van der Waals surface area contributed by atoms with Crippen LogP contribution in [0.2, 0.25) is 0 Å². The summed E-state index contributed by atoms with van der Waals surface area (Å²) >= 11 is 1.71. The Kier molecular flexibility index (Phi) is 4.73. The molecule has 0 aliphatic rings. The molecule has 0 saturated heterocycles. The maximum absolute atomic E-state index is 12.5. The van der Waals surface area contributed by atoms with Gasteiger partial charge in [-0.05, 0) is 32.2 Å². The van der Waals surface area contributed by atoms with E-state index in [1.165, 1.54) is 4.88 Å². The molecule has 0 aliphatic carbocycles. The molecule has 18 heavy (non-hydrogen) atoms. The van der Waals surface area contributed by atoms with Crippen LogP contribution in [0.15, 0.2) is 17.5 Å². The molecule has 0 aromatic carbocycles. The third kappa shape index (κ3) is 4.91. The summed E-state index contributed by atoms with van der Waals surface area (Å²) < 4.78 is 0. The maximum Gasteiger partial charge on any atom is 0.155 e. The summed E-state index contributed by atoms with van der Waals surface area (Å²) in [6.07, 6.45) is 0.783. The van der Waals surface area contributed by atoms with Gasteiger partial charge in [0.1, 0.15) is 0 Å². The third-order valence-electron chi connectivity index (χ3n) is 2.65. The van der Waals surface area contributed by atoms with E-state index in [9.17, 15) is 4.79 Å². The minimum atomic E-state index is -0.305. The van der Waals surface area contributed by atoms with Crippen LogP contribution in [0.1, 0.15) is 46.4 Å². The van der Waals surface area contributed by atoms with E-state index >= 15 is 0 Å². The topological polar surface area (TPSA) is 29.1 Å². The van der Waals surface area contributed by atoms with Gasteiger partial charge in [0.15, 0.2) is 5.78 Å². The highest BCUT2D eigenvalue weighted by Gasteiger charge is 2.32. The van der Waals surface area contributed by atoms with Gasteiger partial charge in [-0.15, -0.1) is 11.3 Å². The lowest BCUT2D eigenvalue weighted by Crippen LogP contribution is -2.51. The van der Waals surface area contributed by atoms with Crippen LogP contribution in [0.5, 0.6) is 0 Å². The molecule has 0 spiro atoms. The van der Waals surface area contributed by atoms with Crippen molar-refractivity contribution in [2.45, 2.75) is 59.5 Å². The molecular formula is C15H25NOS. The molecule has 0 aliphatic heterocycles. The van der Waals surface area contributed by atoms with Crippen molar-refractivity contribution in [2.75, 3.05) is 0 Å².